The summed E-state index contributed by atoms with van der Waals surface area (Å²) in [4.78, 5) is 14.7. The number of hydrogen-bond donors (Lipinski definition) is 0. The summed E-state index contributed by atoms with van der Waals surface area (Å²) in [5.41, 5.74) is 5.59. The minimum Gasteiger partial charge on any atom is -0.309 e. The first-order chi connectivity index (χ1) is 24.6. The van der Waals surface area contributed by atoms with Crippen molar-refractivity contribution in [3.63, 3.8) is 0 Å². The number of alkyl halides is 3. The Labute approximate surface area is 293 Å². The third-order valence-electron chi connectivity index (χ3n) is 9.26. The minimum absolute atomic E-state index is 0.0477. The second-order valence-corrected chi connectivity index (χ2v) is 13.6. The van der Waals surface area contributed by atoms with E-state index < -0.39 is 11.7 Å². The molecular weight excluding hydrogens is 642 g/mol. The monoisotopic (exact) mass is 674 g/mol. The second-order valence-electron chi connectivity index (χ2n) is 13.6. The number of nitrogens with zero attached hydrogens (tertiary/aromatic N) is 4. The number of aromatic nitrogens is 4. The molecule has 7 heteroatoms. The van der Waals surface area contributed by atoms with Gasteiger partial charge in [-0.2, -0.15) is 13.2 Å². The van der Waals surface area contributed by atoms with E-state index in [4.69, 9.17) is 15.0 Å². The molecule has 0 amide bonds. The topological polar surface area (TPSA) is 43.6 Å². The van der Waals surface area contributed by atoms with Crippen LogP contribution in [0.2, 0.25) is 0 Å². The summed E-state index contributed by atoms with van der Waals surface area (Å²) in [6.07, 6.45) is -4.58. The van der Waals surface area contributed by atoms with Crippen LogP contribution < -0.4 is 0 Å². The van der Waals surface area contributed by atoms with Crippen LogP contribution in [-0.4, -0.2) is 19.5 Å². The molecule has 250 valence electrons. The second kappa shape index (κ2) is 12.4. The molecule has 0 saturated heterocycles. The molecule has 0 bridgehead atoms. The molecule has 0 radical (unpaired) electrons. The summed E-state index contributed by atoms with van der Waals surface area (Å²) >= 11 is 0. The number of hydrogen-bond acceptors (Lipinski definition) is 3. The van der Waals surface area contributed by atoms with Gasteiger partial charge in [-0.1, -0.05) is 130 Å². The van der Waals surface area contributed by atoms with Gasteiger partial charge in [0.05, 0.1) is 16.6 Å². The van der Waals surface area contributed by atoms with Crippen molar-refractivity contribution in [2.45, 2.75) is 32.4 Å². The lowest BCUT2D eigenvalue weighted by Gasteiger charge is -2.19. The van der Waals surface area contributed by atoms with E-state index >= 15 is 0 Å². The van der Waals surface area contributed by atoms with Crippen molar-refractivity contribution in [3.8, 4) is 51.0 Å². The van der Waals surface area contributed by atoms with E-state index in [0.29, 0.717) is 22.8 Å². The Balaban J connectivity index is 1.45. The van der Waals surface area contributed by atoms with Crippen LogP contribution in [-0.2, 0) is 11.6 Å². The zero-order valence-electron chi connectivity index (χ0n) is 28.3. The van der Waals surface area contributed by atoms with Crippen LogP contribution in [0.3, 0.4) is 0 Å². The van der Waals surface area contributed by atoms with Crippen LogP contribution >= 0.6 is 0 Å². The largest absolute Gasteiger partial charge is 0.417 e. The van der Waals surface area contributed by atoms with Gasteiger partial charge in [-0.3, -0.25) is 0 Å². The van der Waals surface area contributed by atoms with Crippen molar-refractivity contribution in [1.29, 1.82) is 0 Å². The molecule has 0 spiro atoms. The third kappa shape index (κ3) is 5.95. The molecule has 6 aromatic carbocycles. The summed E-state index contributed by atoms with van der Waals surface area (Å²) < 4.78 is 45.8. The maximum atomic E-state index is 14.6. The van der Waals surface area contributed by atoms with Gasteiger partial charge >= 0.3 is 6.18 Å². The highest BCUT2D eigenvalue weighted by Gasteiger charge is 2.34. The zero-order chi connectivity index (χ0) is 35.3. The third-order valence-corrected chi connectivity index (χ3v) is 9.26. The standard InChI is InChI=1S/C44H33F3N4/c1-43(2,3)30-22-25-39-35(26-30)34-19-11-13-21-38(34)51(39)31-23-24-32(33-18-10-12-20-37(33)44(45,46)47)36(27-31)42-49-40(28-14-6-4-7-15-28)48-41(50-42)29-16-8-5-9-17-29/h4-27H,1-3H3. The average molecular weight is 675 g/mol. The lowest BCUT2D eigenvalue weighted by Crippen LogP contribution is -2.10. The molecule has 2 aromatic heterocycles. The molecule has 0 atom stereocenters. The van der Waals surface area contributed by atoms with Gasteiger partial charge in [0.1, 0.15) is 0 Å². The Morgan fingerprint density at radius 3 is 1.69 bits per heavy atom. The first kappa shape index (κ1) is 32.1. The molecule has 0 aliphatic heterocycles. The van der Waals surface area contributed by atoms with E-state index in [1.807, 2.05) is 84.9 Å². The van der Waals surface area contributed by atoms with E-state index in [1.54, 1.807) is 12.1 Å². The summed E-state index contributed by atoms with van der Waals surface area (Å²) in [6, 6.07) is 45.0. The van der Waals surface area contributed by atoms with Crippen LogP contribution in [0, 0.1) is 0 Å². The molecule has 0 aliphatic carbocycles. The van der Waals surface area contributed by atoms with E-state index in [0.717, 1.165) is 44.7 Å². The molecule has 0 aliphatic rings. The first-order valence-corrected chi connectivity index (χ1v) is 16.8. The van der Waals surface area contributed by atoms with Crippen LogP contribution in [0.4, 0.5) is 13.2 Å². The SMILES string of the molecule is CC(C)(C)c1ccc2c(c1)c1ccccc1n2-c1ccc(-c2ccccc2C(F)(F)F)c(-c2nc(-c3ccccc3)nc(-c3ccccc3)n2)c1. The fourth-order valence-electron chi connectivity index (χ4n) is 6.70. The highest BCUT2D eigenvalue weighted by atomic mass is 19.4. The van der Waals surface area contributed by atoms with Crippen LogP contribution in [0.15, 0.2) is 146 Å². The summed E-state index contributed by atoms with van der Waals surface area (Å²) in [7, 11) is 0. The normalized spacial score (nSPS) is 12.1. The van der Waals surface area contributed by atoms with E-state index in [-0.39, 0.29) is 16.8 Å². The van der Waals surface area contributed by atoms with Crippen LogP contribution in [0.25, 0.3) is 72.8 Å². The molecule has 0 unspecified atom stereocenters. The van der Waals surface area contributed by atoms with Crippen molar-refractivity contribution in [1.82, 2.24) is 19.5 Å². The molecule has 4 nitrogen and oxygen atoms in total. The van der Waals surface area contributed by atoms with E-state index in [1.165, 1.54) is 17.7 Å². The molecule has 51 heavy (non-hydrogen) atoms. The number of para-hydroxylation sites is 1. The van der Waals surface area contributed by atoms with Crippen molar-refractivity contribution < 1.29 is 13.2 Å². The fourth-order valence-corrected chi connectivity index (χ4v) is 6.70. The number of rotatable bonds is 5. The Hall–Kier alpha value is -6.08. The maximum absolute atomic E-state index is 14.6. The highest BCUT2D eigenvalue weighted by molar-refractivity contribution is 6.09. The Morgan fingerprint density at radius 1 is 0.471 bits per heavy atom. The summed E-state index contributed by atoms with van der Waals surface area (Å²) in [5, 5.41) is 2.19. The quantitative estimate of drug-likeness (QED) is 0.182. The molecule has 8 rings (SSSR count). The van der Waals surface area contributed by atoms with Crippen molar-refractivity contribution >= 4 is 21.8 Å². The number of benzene rings is 6. The molecule has 8 aromatic rings. The predicted octanol–water partition coefficient (Wildman–Crippen LogP) is 12.0. The molecule has 0 fully saturated rings. The van der Waals surface area contributed by atoms with Gasteiger partial charge in [-0.25, -0.2) is 15.0 Å². The number of halogens is 3. The van der Waals surface area contributed by atoms with Crippen LogP contribution in [0.5, 0.6) is 0 Å². The van der Waals surface area contributed by atoms with Gasteiger partial charge < -0.3 is 4.57 Å². The maximum Gasteiger partial charge on any atom is 0.417 e. The molecule has 0 N–H and O–H groups in total. The summed E-state index contributed by atoms with van der Waals surface area (Å²) in [5.74, 6) is 1.12. The predicted molar refractivity (Wildman–Crippen MR) is 200 cm³/mol. The summed E-state index contributed by atoms with van der Waals surface area (Å²) in [6.45, 7) is 6.58. The van der Waals surface area contributed by atoms with Crippen molar-refractivity contribution in [2.24, 2.45) is 0 Å². The number of fused-ring (bicyclic) bond motifs is 3. The fraction of sp³-hybridized carbons (Fsp3) is 0.114. The Bertz CT molecular complexity index is 2490. The minimum atomic E-state index is -4.58. The Kier molecular flexibility index (Phi) is 7.79. The van der Waals surface area contributed by atoms with Crippen molar-refractivity contribution in [3.05, 3.63) is 157 Å². The molecule has 0 saturated carbocycles. The zero-order valence-corrected chi connectivity index (χ0v) is 28.3. The highest BCUT2D eigenvalue weighted by Crippen LogP contribution is 2.43. The lowest BCUT2D eigenvalue weighted by atomic mass is 9.86. The lowest BCUT2D eigenvalue weighted by molar-refractivity contribution is -0.137. The van der Waals surface area contributed by atoms with E-state index in [2.05, 4.69) is 55.7 Å². The average Bonchev–Trinajstić information content (AvgIpc) is 3.48. The van der Waals surface area contributed by atoms with Gasteiger partial charge in [0.25, 0.3) is 0 Å². The smallest absolute Gasteiger partial charge is 0.309 e. The molecule has 2 heterocycles. The van der Waals surface area contributed by atoms with Gasteiger partial charge in [-0.05, 0) is 58.5 Å². The molecular formula is C44H33F3N4. The van der Waals surface area contributed by atoms with Gasteiger partial charge in [0.2, 0.25) is 0 Å². The van der Waals surface area contributed by atoms with E-state index in [9.17, 15) is 13.2 Å². The van der Waals surface area contributed by atoms with Gasteiger partial charge in [-0.15, -0.1) is 0 Å². The first-order valence-electron chi connectivity index (χ1n) is 16.8. The van der Waals surface area contributed by atoms with Crippen molar-refractivity contribution in [2.75, 3.05) is 0 Å². The van der Waals surface area contributed by atoms with Gasteiger partial charge in [0, 0.05) is 33.2 Å². The Morgan fingerprint density at radius 2 is 1.04 bits per heavy atom. The van der Waals surface area contributed by atoms with Crippen LogP contribution in [0.1, 0.15) is 31.9 Å². The van der Waals surface area contributed by atoms with Gasteiger partial charge in [0.15, 0.2) is 17.5 Å².